The van der Waals surface area contributed by atoms with Crippen LogP contribution in [0.4, 0.5) is 5.69 Å². The van der Waals surface area contributed by atoms with Crippen LogP contribution in [0.1, 0.15) is 37.7 Å². The molecule has 4 nitrogen and oxygen atoms in total. The van der Waals surface area contributed by atoms with Gasteiger partial charge < -0.3 is 10.6 Å². The fraction of sp³-hybridized carbons (Fsp3) is 0.375. The lowest BCUT2D eigenvalue weighted by Gasteiger charge is -2.22. The van der Waals surface area contributed by atoms with Crippen LogP contribution >= 0.6 is 0 Å². The van der Waals surface area contributed by atoms with Crippen molar-refractivity contribution in [3.63, 3.8) is 0 Å². The molecule has 0 saturated carbocycles. The molecule has 0 aromatic carbocycles. The molecule has 0 radical (unpaired) electrons. The van der Waals surface area contributed by atoms with Crippen LogP contribution in [0.2, 0.25) is 0 Å². The first kappa shape index (κ1) is 14.5. The summed E-state index contributed by atoms with van der Waals surface area (Å²) in [6, 6.07) is 10.1. The van der Waals surface area contributed by atoms with Crippen molar-refractivity contribution < 1.29 is 0 Å². The smallest absolute Gasteiger partial charge is 0.0602 e. The number of pyridine rings is 2. The first-order chi connectivity index (χ1) is 9.74. The third-order valence-corrected chi connectivity index (χ3v) is 3.42. The highest BCUT2D eigenvalue weighted by Gasteiger charge is 2.09. The SMILES string of the molecule is CCC(N)c1ccc(N(CC)Cc2ccccn2)cn1. The molecule has 2 rings (SSSR count). The summed E-state index contributed by atoms with van der Waals surface area (Å²) in [4.78, 5) is 11.1. The van der Waals surface area contributed by atoms with Crippen LogP contribution in [0, 0.1) is 0 Å². The van der Waals surface area contributed by atoms with E-state index >= 15 is 0 Å². The molecule has 2 aromatic heterocycles. The van der Waals surface area contributed by atoms with Gasteiger partial charge in [-0.15, -0.1) is 0 Å². The van der Waals surface area contributed by atoms with Gasteiger partial charge in [-0.1, -0.05) is 13.0 Å². The average molecular weight is 270 g/mol. The van der Waals surface area contributed by atoms with Crippen molar-refractivity contribution in [1.29, 1.82) is 0 Å². The molecule has 0 aliphatic rings. The molecule has 0 aliphatic carbocycles. The maximum Gasteiger partial charge on any atom is 0.0602 e. The van der Waals surface area contributed by atoms with Gasteiger partial charge in [0, 0.05) is 18.8 Å². The van der Waals surface area contributed by atoms with Gasteiger partial charge in [0.1, 0.15) is 0 Å². The number of hydrogen-bond donors (Lipinski definition) is 1. The number of nitrogens with two attached hydrogens (primary N) is 1. The van der Waals surface area contributed by atoms with Crippen molar-refractivity contribution in [3.05, 3.63) is 54.1 Å². The van der Waals surface area contributed by atoms with Gasteiger partial charge >= 0.3 is 0 Å². The van der Waals surface area contributed by atoms with Crippen molar-refractivity contribution >= 4 is 5.69 Å². The number of rotatable bonds is 6. The topological polar surface area (TPSA) is 55.0 Å². The Hall–Kier alpha value is -1.94. The van der Waals surface area contributed by atoms with Gasteiger partial charge in [0.25, 0.3) is 0 Å². The molecular weight excluding hydrogens is 248 g/mol. The van der Waals surface area contributed by atoms with Gasteiger partial charge in [-0.2, -0.15) is 0 Å². The normalized spacial score (nSPS) is 12.2. The molecule has 106 valence electrons. The molecular formula is C16H22N4. The molecule has 0 fully saturated rings. The third kappa shape index (κ3) is 3.54. The Kier molecular flexibility index (Phi) is 5.07. The van der Waals surface area contributed by atoms with E-state index in [-0.39, 0.29) is 6.04 Å². The van der Waals surface area contributed by atoms with E-state index in [0.29, 0.717) is 0 Å². The van der Waals surface area contributed by atoms with Crippen molar-refractivity contribution in [2.75, 3.05) is 11.4 Å². The summed E-state index contributed by atoms with van der Waals surface area (Å²) < 4.78 is 0. The lowest BCUT2D eigenvalue weighted by molar-refractivity contribution is 0.674. The fourth-order valence-corrected chi connectivity index (χ4v) is 2.09. The van der Waals surface area contributed by atoms with Crippen molar-refractivity contribution in [1.82, 2.24) is 9.97 Å². The molecule has 2 N–H and O–H groups in total. The van der Waals surface area contributed by atoms with Crippen molar-refractivity contribution in [2.24, 2.45) is 5.73 Å². The van der Waals surface area contributed by atoms with Crippen LogP contribution in [0.15, 0.2) is 42.7 Å². The summed E-state index contributed by atoms with van der Waals surface area (Å²) in [7, 11) is 0. The molecule has 20 heavy (non-hydrogen) atoms. The zero-order valence-corrected chi connectivity index (χ0v) is 12.2. The summed E-state index contributed by atoms with van der Waals surface area (Å²) in [6.07, 6.45) is 4.62. The quantitative estimate of drug-likeness (QED) is 0.877. The van der Waals surface area contributed by atoms with Gasteiger partial charge in [0.05, 0.1) is 29.8 Å². The average Bonchev–Trinajstić information content (AvgIpc) is 2.53. The first-order valence-electron chi connectivity index (χ1n) is 7.11. The minimum absolute atomic E-state index is 0.0231. The van der Waals surface area contributed by atoms with Crippen LogP contribution in [-0.4, -0.2) is 16.5 Å². The molecule has 1 unspecified atom stereocenters. The summed E-state index contributed by atoms with van der Waals surface area (Å²) in [5.41, 5.74) is 9.10. The van der Waals surface area contributed by atoms with Crippen LogP contribution < -0.4 is 10.6 Å². The monoisotopic (exact) mass is 270 g/mol. The summed E-state index contributed by atoms with van der Waals surface area (Å²) in [5, 5.41) is 0. The van der Waals surface area contributed by atoms with E-state index in [0.717, 1.165) is 36.6 Å². The Bertz CT molecular complexity index is 510. The third-order valence-electron chi connectivity index (χ3n) is 3.42. The number of hydrogen-bond acceptors (Lipinski definition) is 4. The minimum atomic E-state index is 0.0231. The van der Waals surface area contributed by atoms with Gasteiger partial charge in [-0.3, -0.25) is 9.97 Å². The summed E-state index contributed by atoms with van der Waals surface area (Å²) in [6.45, 7) is 5.91. The molecule has 0 aliphatic heterocycles. The lowest BCUT2D eigenvalue weighted by Crippen LogP contribution is -2.23. The van der Waals surface area contributed by atoms with Crippen LogP contribution in [0.5, 0.6) is 0 Å². The molecule has 2 heterocycles. The van der Waals surface area contributed by atoms with E-state index in [2.05, 4.69) is 34.8 Å². The maximum absolute atomic E-state index is 5.99. The molecule has 1 atom stereocenters. The Labute approximate surface area is 120 Å². The predicted octanol–water partition coefficient (Wildman–Crippen LogP) is 2.91. The van der Waals surface area contributed by atoms with Gasteiger partial charge in [0.2, 0.25) is 0 Å². The number of aromatic nitrogens is 2. The largest absolute Gasteiger partial charge is 0.365 e. The fourth-order valence-electron chi connectivity index (χ4n) is 2.09. The second kappa shape index (κ2) is 7.01. The van der Waals surface area contributed by atoms with Crippen LogP contribution in [-0.2, 0) is 6.54 Å². The molecule has 0 spiro atoms. The summed E-state index contributed by atoms with van der Waals surface area (Å²) >= 11 is 0. The second-order valence-corrected chi connectivity index (χ2v) is 4.79. The van der Waals surface area contributed by atoms with Crippen LogP contribution in [0.25, 0.3) is 0 Å². The van der Waals surface area contributed by atoms with Crippen LogP contribution in [0.3, 0.4) is 0 Å². The molecule has 0 saturated heterocycles. The van der Waals surface area contributed by atoms with Crippen molar-refractivity contribution in [3.8, 4) is 0 Å². The standard InChI is InChI=1S/C16H22N4/c1-3-15(17)16-9-8-14(11-19-16)20(4-2)12-13-7-5-6-10-18-13/h5-11,15H,3-4,12,17H2,1-2H3. The number of nitrogens with zero attached hydrogens (tertiary/aromatic N) is 3. The highest BCUT2D eigenvalue weighted by atomic mass is 15.1. The first-order valence-corrected chi connectivity index (χ1v) is 7.11. The molecule has 0 amide bonds. The van der Waals surface area contributed by atoms with E-state index in [4.69, 9.17) is 5.73 Å². The molecule has 0 bridgehead atoms. The maximum atomic E-state index is 5.99. The predicted molar refractivity (Wildman–Crippen MR) is 82.4 cm³/mol. The van der Waals surface area contributed by atoms with E-state index in [1.165, 1.54) is 0 Å². The van der Waals surface area contributed by atoms with E-state index in [1.54, 1.807) is 0 Å². The van der Waals surface area contributed by atoms with E-state index in [1.807, 2.05) is 36.7 Å². The van der Waals surface area contributed by atoms with Crippen molar-refractivity contribution in [2.45, 2.75) is 32.9 Å². The highest BCUT2D eigenvalue weighted by Crippen LogP contribution is 2.18. The number of anilines is 1. The van der Waals surface area contributed by atoms with Gasteiger partial charge in [-0.05, 0) is 37.6 Å². The Morgan fingerprint density at radius 1 is 1.15 bits per heavy atom. The van der Waals surface area contributed by atoms with E-state index in [9.17, 15) is 0 Å². The molecule has 4 heteroatoms. The lowest BCUT2D eigenvalue weighted by atomic mass is 10.1. The van der Waals surface area contributed by atoms with Gasteiger partial charge in [0.15, 0.2) is 0 Å². The molecule has 2 aromatic rings. The second-order valence-electron chi connectivity index (χ2n) is 4.79. The minimum Gasteiger partial charge on any atom is -0.365 e. The zero-order valence-electron chi connectivity index (χ0n) is 12.2. The highest BCUT2D eigenvalue weighted by molar-refractivity contribution is 5.45. The zero-order chi connectivity index (χ0) is 14.4. The van der Waals surface area contributed by atoms with Gasteiger partial charge in [-0.25, -0.2) is 0 Å². The van der Waals surface area contributed by atoms with E-state index < -0.39 is 0 Å². The summed E-state index contributed by atoms with van der Waals surface area (Å²) in [5.74, 6) is 0. The Balaban J connectivity index is 2.11. The Morgan fingerprint density at radius 3 is 2.55 bits per heavy atom. The Morgan fingerprint density at radius 2 is 2.00 bits per heavy atom.